The predicted molar refractivity (Wildman–Crippen MR) is 76.6 cm³/mol. The summed E-state index contributed by atoms with van der Waals surface area (Å²) in [5, 5.41) is 6.20. The normalized spacial score (nSPS) is 26.2. The van der Waals surface area contributed by atoms with Crippen molar-refractivity contribution in [2.45, 2.75) is 38.8 Å². The van der Waals surface area contributed by atoms with Crippen LogP contribution in [0.1, 0.15) is 36.2 Å². The Morgan fingerprint density at radius 1 is 1.47 bits per heavy atom. The molecule has 1 aromatic rings. The van der Waals surface area contributed by atoms with Crippen LogP contribution in [0, 0.1) is 6.92 Å². The van der Waals surface area contributed by atoms with Crippen LogP contribution in [0.2, 0.25) is 0 Å². The molecule has 1 heterocycles. The number of nitrogens with one attached hydrogen (secondary N) is 2. The largest absolute Gasteiger partial charge is 0.388 e. The highest BCUT2D eigenvalue weighted by atomic mass is 16.5. The van der Waals surface area contributed by atoms with Crippen LogP contribution in [0.5, 0.6) is 0 Å². The topological polar surface area (TPSA) is 50.4 Å². The Kier molecular flexibility index (Phi) is 3.80. The van der Waals surface area contributed by atoms with Gasteiger partial charge in [-0.2, -0.15) is 0 Å². The zero-order valence-electron chi connectivity index (χ0n) is 12.0. The standard InChI is InChI=1S/C15H22N2O2/c1-10-9-12(5-6-13(10)16-4)14(18)17-15(3)7-8-19-11(15)2/h5-6,9,11,16H,7-8H2,1-4H3,(H,17,18). The third kappa shape index (κ3) is 2.73. The average molecular weight is 262 g/mol. The molecule has 0 aliphatic carbocycles. The molecule has 1 saturated heterocycles. The number of ether oxygens (including phenoxy) is 1. The third-order valence-corrected chi connectivity index (χ3v) is 4.04. The fourth-order valence-electron chi connectivity index (χ4n) is 2.42. The van der Waals surface area contributed by atoms with E-state index in [-0.39, 0.29) is 17.6 Å². The van der Waals surface area contributed by atoms with E-state index in [1.165, 1.54) is 0 Å². The number of hydrogen-bond donors (Lipinski definition) is 2. The summed E-state index contributed by atoms with van der Waals surface area (Å²) in [6.45, 7) is 6.74. The molecule has 0 spiro atoms. The molecule has 1 aliphatic rings. The highest BCUT2D eigenvalue weighted by Crippen LogP contribution is 2.26. The van der Waals surface area contributed by atoms with E-state index in [1.807, 2.05) is 46.0 Å². The minimum Gasteiger partial charge on any atom is -0.388 e. The van der Waals surface area contributed by atoms with Crippen LogP contribution in [-0.2, 0) is 4.74 Å². The first-order valence-electron chi connectivity index (χ1n) is 6.69. The number of carbonyl (C=O) groups is 1. The van der Waals surface area contributed by atoms with Gasteiger partial charge in [0.15, 0.2) is 0 Å². The van der Waals surface area contributed by atoms with Crippen molar-refractivity contribution in [3.05, 3.63) is 29.3 Å². The lowest BCUT2D eigenvalue weighted by atomic mass is 9.94. The summed E-state index contributed by atoms with van der Waals surface area (Å²) in [6.07, 6.45) is 0.905. The lowest BCUT2D eigenvalue weighted by molar-refractivity contribution is 0.0727. The van der Waals surface area contributed by atoms with Crippen LogP contribution in [-0.4, -0.2) is 31.2 Å². The van der Waals surface area contributed by atoms with Crippen LogP contribution in [0.3, 0.4) is 0 Å². The molecular formula is C15H22N2O2. The first-order valence-corrected chi connectivity index (χ1v) is 6.69. The minimum atomic E-state index is -0.271. The molecular weight excluding hydrogens is 240 g/mol. The van der Waals surface area contributed by atoms with Crippen molar-refractivity contribution in [2.24, 2.45) is 0 Å². The summed E-state index contributed by atoms with van der Waals surface area (Å²) in [6, 6.07) is 5.68. The molecule has 1 aliphatic heterocycles. The molecule has 0 saturated carbocycles. The van der Waals surface area contributed by atoms with E-state index in [9.17, 15) is 4.79 Å². The van der Waals surface area contributed by atoms with Gasteiger partial charge in [-0.3, -0.25) is 4.79 Å². The summed E-state index contributed by atoms with van der Waals surface area (Å²) < 4.78 is 5.54. The molecule has 0 aromatic heterocycles. The Bertz CT molecular complexity index is 487. The second-order valence-electron chi connectivity index (χ2n) is 5.41. The first-order chi connectivity index (χ1) is 8.96. The second-order valence-corrected chi connectivity index (χ2v) is 5.41. The Labute approximate surface area is 114 Å². The molecule has 2 unspecified atom stereocenters. The van der Waals surface area contributed by atoms with E-state index >= 15 is 0 Å². The molecule has 0 bridgehead atoms. The second kappa shape index (κ2) is 5.21. The van der Waals surface area contributed by atoms with Crippen LogP contribution in [0.15, 0.2) is 18.2 Å². The van der Waals surface area contributed by atoms with Crippen LogP contribution >= 0.6 is 0 Å². The van der Waals surface area contributed by atoms with Crippen LogP contribution in [0.4, 0.5) is 5.69 Å². The highest BCUT2D eigenvalue weighted by molar-refractivity contribution is 5.95. The van der Waals surface area contributed by atoms with Gasteiger partial charge in [0.1, 0.15) is 0 Å². The Hall–Kier alpha value is -1.55. The zero-order valence-corrected chi connectivity index (χ0v) is 12.0. The van der Waals surface area contributed by atoms with Crippen molar-refractivity contribution < 1.29 is 9.53 Å². The van der Waals surface area contributed by atoms with Crippen molar-refractivity contribution in [1.82, 2.24) is 5.32 Å². The van der Waals surface area contributed by atoms with E-state index in [1.54, 1.807) is 0 Å². The molecule has 1 fully saturated rings. The maximum atomic E-state index is 12.3. The van der Waals surface area contributed by atoms with Crippen molar-refractivity contribution in [3.8, 4) is 0 Å². The molecule has 0 radical (unpaired) electrons. The van der Waals surface area contributed by atoms with Crippen molar-refractivity contribution >= 4 is 11.6 Å². The fourth-order valence-corrected chi connectivity index (χ4v) is 2.42. The molecule has 1 aromatic carbocycles. The number of amides is 1. The summed E-state index contributed by atoms with van der Waals surface area (Å²) in [7, 11) is 1.88. The van der Waals surface area contributed by atoms with E-state index in [0.29, 0.717) is 12.2 Å². The minimum absolute atomic E-state index is 0.0365. The van der Waals surface area contributed by atoms with Gasteiger partial charge in [0, 0.05) is 24.9 Å². The third-order valence-electron chi connectivity index (χ3n) is 4.04. The monoisotopic (exact) mass is 262 g/mol. The smallest absolute Gasteiger partial charge is 0.251 e. The number of hydrogen-bond acceptors (Lipinski definition) is 3. The molecule has 2 N–H and O–H groups in total. The number of anilines is 1. The quantitative estimate of drug-likeness (QED) is 0.879. The summed E-state index contributed by atoms with van der Waals surface area (Å²) in [4.78, 5) is 12.3. The lowest BCUT2D eigenvalue weighted by Crippen LogP contribution is -2.50. The first kappa shape index (κ1) is 13.9. The molecule has 4 heteroatoms. The Morgan fingerprint density at radius 3 is 2.74 bits per heavy atom. The number of carbonyl (C=O) groups excluding carboxylic acids is 1. The van der Waals surface area contributed by atoms with Gasteiger partial charge in [0.05, 0.1) is 11.6 Å². The summed E-state index contributed by atoms with van der Waals surface area (Å²) in [5.74, 6) is -0.0365. The molecule has 2 atom stereocenters. The zero-order chi connectivity index (χ0) is 14.0. The van der Waals surface area contributed by atoms with Crippen molar-refractivity contribution in [1.29, 1.82) is 0 Å². The Balaban J connectivity index is 2.14. The van der Waals surface area contributed by atoms with Crippen molar-refractivity contribution in [3.63, 3.8) is 0 Å². The number of aryl methyl sites for hydroxylation is 1. The molecule has 1 amide bonds. The molecule has 19 heavy (non-hydrogen) atoms. The maximum absolute atomic E-state index is 12.3. The molecule has 104 valence electrons. The van der Waals surface area contributed by atoms with Gasteiger partial charge < -0.3 is 15.4 Å². The van der Waals surface area contributed by atoms with Gasteiger partial charge >= 0.3 is 0 Å². The molecule has 4 nitrogen and oxygen atoms in total. The van der Waals surface area contributed by atoms with Gasteiger partial charge in [0.2, 0.25) is 0 Å². The Morgan fingerprint density at radius 2 is 2.21 bits per heavy atom. The van der Waals surface area contributed by atoms with E-state index in [2.05, 4.69) is 10.6 Å². The van der Waals surface area contributed by atoms with Crippen molar-refractivity contribution in [2.75, 3.05) is 19.0 Å². The maximum Gasteiger partial charge on any atom is 0.251 e. The summed E-state index contributed by atoms with van der Waals surface area (Å²) in [5.41, 5.74) is 2.53. The van der Waals surface area contributed by atoms with E-state index in [4.69, 9.17) is 4.74 Å². The van der Waals surface area contributed by atoms with E-state index < -0.39 is 0 Å². The van der Waals surface area contributed by atoms with Gasteiger partial charge in [-0.05, 0) is 51.0 Å². The number of benzene rings is 1. The SMILES string of the molecule is CNc1ccc(C(=O)NC2(C)CCOC2C)cc1C. The molecule has 2 rings (SSSR count). The van der Waals surface area contributed by atoms with Gasteiger partial charge in [-0.25, -0.2) is 0 Å². The van der Waals surface area contributed by atoms with Crippen LogP contribution < -0.4 is 10.6 Å². The predicted octanol–water partition coefficient (Wildman–Crippen LogP) is 2.33. The lowest BCUT2D eigenvalue weighted by Gasteiger charge is -2.29. The average Bonchev–Trinajstić information content (AvgIpc) is 2.69. The fraction of sp³-hybridized carbons (Fsp3) is 0.533. The van der Waals surface area contributed by atoms with Crippen LogP contribution in [0.25, 0.3) is 0 Å². The number of rotatable bonds is 3. The van der Waals surface area contributed by atoms with Gasteiger partial charge in [-0.15, -0.1) is 0 Å². The summed E-state index contributed by atoms with van der Waals surface area (Å²) >= 11 is 0. The van der Waals surface area contributed by atoms with Gasteiger partial charge in [-0.1, -0.05) is 0 Å². The van der Waals surface area contributed by atoms with Gasteiger partial charge in [0.25, 0.3) is 5.91 Å². The highest BCUT2D eigenvalue weighted by Gasteiger charge is 2.38. The van der Waals surface area contributed by atoms with E-state index in [0.717, 1.165) is 17.7 Å².